The topological polar surface area (TPSA) is 46.6 Å². The van der Waals surface area contributed by atoms with Crippen molar-refractivity contribution in [3.05, 3.63) is 65.2 Å². The second-order valence-corrected chi connectivity index (χ2v) is 6.97. The predicted molar refractivity (Wildman–Crippen MR) is 102 cm³/mol. The smallest absolute Gasteiger partial charge is 0.313 e. The van der Waals surface area contributed by atoms with E-state index in [0.29, 0.717) is 19.3 Å². The molecule has 3 rings (SSSR count). The number of hydrogen-bond donors (Lipinski definition) is 0. The SMILES string of the molecule is COC(=O)C1CC(C)N(C(=O)CCc2ccc(C)cc2)c2ccccc21. The summed E-state index contributed by atoms with van der Waals surface area (Å²) in [4.78, 5) is 27.0. The van der Waals surface area contributed by atoms with Gasteiger partial charge in [0.05, 0.1) is 13.0 Å². The van der Waals surface area contributed by atoms with Gasteiger partial charge in [-0.15, -0.1) is 0 Å². The number of esters is 1. The lowest BCUT2D eigenvalue weighted by molar-refractivity contribution is -0.143. The van der Waals surface area contributed by atoms with E-state index in [1.165, 1.54) is 12.7 Å². The van der Waals surface area contributed by atoms with Crippen molar-refractivity contribution in [3.8, 4) is 0 Å². The highest BCUT2D eigenvalue weighted by molar-refractivity contribution is 5.97. The van der Waals surface area contributed by atoms with E-state index in [2.05, 4.69) is 31.2 Å². The molecule has 0 spiro atoms. The third kappa shape index (κ3) is 3.64. The quantitative estimate of drug-likeness (QED) is 0.782. The Morgan fingerprint density at radius 1 is 1.12 bits per heavy atom. The highest BCUT2D eigenvalue weighted by Gasteiger charge is 2.37. The Hall–Kier alpha value is -2.62. The van der Waals surface area contributed by atoms with Crippen LogP contribution in [0.3, 0.4) is 0 Å². The van der Waals surface area contributed by atoms with Gasteiger partial charge in [0.15, 0.2) is 0 Å². The number of rotatable bonds is 4. The molecule has 0 fully saturated rings. The minimum absolute atomic E-state index is 0.0421. The normalized spacial score (nSPS) is 19.0. The average Bonchev–Trinajstić information content (AvgIpc) is 2.66. The van der Waals surface area contributed by atoms with Crippen LogP contribution in [0.4, 0.5) is 5.69 Å². The van der Waals surface area contributed by atoms with Crippen molar-refractivity contribution in [3.63, 3.8) is 0 Å². The van der Waals surface area contributed by atoms with Crippen LogP contribution in [0.5, 0.6) is 0 Å². The second-order valence-electron chi connectivity index (χ2n) is 6.97. The van der Waals surface area contributed by atoms with E-state index in [0.717, 1.165) is 16.8 Å². The van der Waals surface area contributed by atoms with Gasteiger partial charge in [-0.3, -0.25) is 9.59 Å². The lowest BCUT2D eigenvalue weighted by atomic mass is 9.85. The van der Waals surface area contributed by atoms with E-state index in [-0.39, 0.29) is 23.8 Å². The molecule has 2 aromatic carbocycles. The molecule has 1 heterocycles. The number of carbonyl (C=O) groups is 2. The molecule has 26 heavy (non-hydrogen) atoms. The van der Waals surface area contributed by atoms with Gasteiger partial charge in [0.1, 0.15) is 0 Å². The van der Waals surface area contributed by atoms with Crippen LogP contribution in [0.1, 0.15) is 42.4 Å². The molecule has 1 amide bonds. The Labute approximate surface area is 154 Å². The Morgan fingerprint density at radius 2 is 1.81 bits per heavy atom. The number of para-hydroxylation sites is 1. The van der Waals surface area contributed by atoms with Crippen molar-refractivity contribution in [2.45, 2.75) is 45.1 Å². The van der Waals surface area contributed by atoms with Crippen LogP contribution in [-0.2, 0) is 20.7 Å². The van der Waals surface area contributed by atoms with Crippen molar-refractivity contribution < 1.29 is 14.3 Å². The average molecular weight is 351 g/mol. The Bertz CT molecular complexity index is 797. The predicted octanol–water partition coefficient (Wildman–Crippen LogP) is 4.01. The van der Waals surface area contributed by atoms with Gasteiger partial charge in [0, 0.05) is 18.2 Å². The number of ether oxygens (including phenoxy) is 1. The zero-order valence-corrected chi connectivity index (χ0v) is 15.6. The lowest BCUT2D eigenvalue weighted by Gasteiger charge is -2.38. The van der Waals surface area contributed by atoms with E-state index in [4.69, 9.17) is 4.74 Å². The summed E-state index contributed by atoms with van der Waals surface area (Å²) in [7, 11) is 1.41. The number of methoxy groups -OCH3 is 1. The fourth-order valence-corrected chi connectivity index (χ4v) is 3.68. The minimum Gasteiger partial charge on any atom is -0.469 e. The van der Waals surface area contributed by atoms with E-state index < -0.39 is 0 Å². The van der Waals surface area contributed by atoms with Crippen molar-refractivity contribution in [1.82, 2.24) is 0 Å². The second kappa shape index (κ2) is 7.73. The number of anilines is 1. The number of fused-ring (bicyclic) bond motifs is 1. The number of nitrogens with zero attached hydrogens (tertiary/aromatic N) is 1. The first kappa shape index (κ1) is 18.2. The maximum absolute atomic E-state index is 13.0. The van der Waals surface area contributed by atoms with Crippen LogP contribution in [0.15, 0.2) is 48.5 Å². The summed E-state index contributed by atoms with van der Waals surface area (Å²) in [5.74, 6) is -0.461. The summed E-state index contributed by atoms with van der Waals surface area (Å²) >= 11 is 0. The van der Waals surface area contributed by atoms with Gasteiger partial charge in [-0.25, -0.2) is 0 Å². The molecular formula is C22H25NO3. The Morgan fingerprint density at radius 3 is 2.50 bits per heavy atom. The first-order valence-corrected chi connectivity index (χ1v) is 9.05. The van der Waals surface area contributed by atoms with Crippen LogP contribution in [0.25, 0.3) is 0 Å². The molecule has 0 aliphatic carbocycles. The zero-order chi connectivity index (χ0) is 18.7. The molecule has 0 saturated heterocycles. The van der Waals surface area contributed by atoms with Gasteiger partial charge >= 0.3 is 5.97 Å². The van der Waals surface area contributed by atoms with Gasteiger partial charge in [0.25, 0.3) is 0 Å². The van der Waals surface area contributed by atoms with E-state index in [1.54, 1.807) is 0 Å². The van der Waals surface area contributed by atoms with E-state index in [1.807, 2.05) is 36.1 Å². The largest absolute Gasteiger partial charge is 0.469 e. The van der Waals surface area contributed by atoms with Crippen molar-refractivity contribution >= 4 is 17.6 Å². The summed E-state index contributed by atoms with van der Waals surface area (Å²) in [6.45, 7) is 4.05. The van der Waals surface area contributed by atoms with Crippen molar-refractivity contribution in [1.29, 1.82) is 0 Å². The fraction of sp³-hybridized carbons (Fsp3) is 0.364. The molecule has 0 bridgehead atoms. The van der Waals surface area contributed by atoms with Crippen molar-refractivity contribution in [2.24, 2.45) is 0 Å². The number of aryl methyl sites for hydroxylation is 2. The summed E-state index contributed by atoms with van der Waals surface area (Å²) < 4.78 is 4.96. The molecule has 2 aromatic rings. The number of amides is 1. The van der Waals surface area contributed by atoms with Gasteiger partial charge in [0.2, 0.25) is 5.91 Å². The molecule has 136 valence electrons. The minimum atomic E-state index is -0.313. The zero-order valence-electron chi connectivity index (χ0n) is 15.6. The highest BCUT2D eigenvalue weighted by atomic mass is 16.5. The first-order valence-electron chi connectivity index (χ1n) is 9.05. The van der Waals surface area contributed by atoms with Gasteiger partial charge in [-0.1, -0.05) is 48.0 Å². The Kier molecular flexibility index (Phi) is 5.40. The number of benzene rings is 2. The molecule has 1 aliphatic heterocycles. The van der Waals surface area contributed by atoms with Crippen LogP contribution in [-0.4, -0.2) is 25.0 Å². The first-order chi connectivity index (χ1) is 12.5. The summed E-state index contributed by atoms with van der Waals surface area (Å²) in [5.41, 5.74) is 4.08. The highest BCUT2D eigenvalue weighted by Crippen LogP contribution is 2.39. The van der Waals surface area contributed by atoms with Crippen LogP contribution in [0.2, 0.25) is 0 Å². The molecule has 4 nitrogen and oxygen atoms in total. The van der Waals surface area contributed by atoms with Crippen molar-refractivity contribution in [2.75, 3.05) is 12.0 Å². The number of carbonyl (C=O) groups excluding carboxylic acids is 2. The lowest BCUT2D eigenvalue weighted by Crippen LogP contribution is -2.44. The Balaban J connectivity index is 1.80. The molecule has 2 unspecified atom stereocenters. The summed E-state index contributed by atoms with van der Waals surface area (Å²) in [5, 5.41) is 0. The van der Waals surface area contributed by atoms with Crippen LogP contribution in [0, 0.1) is 6.92 Å². The molecule has 0 aromatic heterocycles. The van der Waals surface area contributed by atoms with Crippen LogP contribution >= 0.6 is 0 Å². The third-order valence-corrected chi connectivity index (χ3v) is 5.09. The molecule has 2 atom stereocenters. The van der Waals surface area contributed by atoms with E-state index in [9.17, 15) is 9.59 Å². The van der Waals surface area contributed by atoms with Gasteiger partial charge in [-0.2, -0.15) is 0 Å². The monoisotopic (exact) mass is 351 g/mol. The molecule has 4 heteroatoms. The molecule has 0 N–H and O–H groups in total. The van der Waals surface area contributed by atoms with Crippen LogP contribution < -0.4 is 4.90 Å². The summed E-state index contributed by atoms with van der Waals surface area (Å²) in [6, 6.07) is 15.9. The third-order valence-electron chi connectivity index (χ3n) is 5.09. The molecular weight excluding hydrogens is 326 g/mol. The molecule has 0 radical (unpaired) electrons. The standard InChI is InChI=1S/C22H25NO3/c1-15-8-10-17(11-9-15)12-13-21(24)23-16(2)14-19(22(25)26-3)18-6-4-5-7-20(18)23/h4-11,16,19H,12-14H2,1-3H3. The van der Waals surface area contributed by atoms with E-state index >= 15 is 0 Å². The summed E-state index contributed by atoms with van der Waals surface area (Å²) in [6.07, 6.45) is 1.75. The fourth-order valence-electron chi connectivity index (χ4n) is 3.68. The van der Waals surface area contributed by atoms with Gasteiger partial charge < -0.3 is 9.64 Å². The maximum atomic E-state index is 13.0. The van der Waals surface area contributed by atoms with Gasteiger partial charge in [-0.05, 0) is 43.9 Å². The molecule has 1 aliphatic rings. The maximum Gasteiger partial charge on any atom is 0.313 e. The molecule has 0 saturated carbocycles. The number of hydrogen-bond acceptors (Lipinski definition) is 3.